The highest BCUT2D eigenvalue weighted by Gasteiger charge is 2.39. The van der Waals surface area contributed by atoms with Gasteiger partial charge in [0.1, 0.15) is 18.3 Å². The zero-order chi connectivity index (χ0) is 7.72. The molecule has 0 bridgehead atoms. The number of ether oxygens (including phenoxy) is 1. The number of hydrogen-bond donors (Lipinski definition) is 3. The molecule has 60 valence electrons. The summed E-state index contributed by atoms with van der Waals surface area (Å²) in [5.74, 6) is 0. The van der Waals surface area contributed by atoms with E-state index < -0.39 is 18.3 Å². The van der Waals surface area contributed by atoms with Crippen LogP contribution in [0.2, 0.25) is 0 Å². The van der Waals surface area contributed by atoms with Crippen LogP contribution in [0.5, 0.6) is 0 Å². The van der Waals surface area contributed by atoms with Gasteiger partial charge in [0.05, 0.1) is 12.7 Å². The first-order valence-electron chi connectivity index (χ1n) is 3.29. The molecule has 1 heterocycles. The Labute approximate surface area is 59.1 Å². The SMILES string of the molecule is CC1OC(CO)C(O)C1O. The van der Waals surface area contributed by atoms with E-state index in [9.17, 15) is 0 Å². The molecule has 0 spiro atoms. The van der Waals surface area contributed by atoms with E-state index in [1.54, 1.807) is 6.92 Å². The Kier molecular flexibility index (Phi) is 2.25. The topological polar surface area (TPSA) is 69.9 Å². The molecular weight excluding hydrogens is 136 g/mol. The Bertz CT molecular complexity index is 116. The first-order valence-corrected chi connectivity index (χ1v) is 3.29. The molecule has 0 radical (unpaired) electrons. The first kappa shape index (κ1) is 7.94. The van der Waals surface area contributed by atoms with E-state index in [1.165, 1.54) is 0 Å². The van der Waals surface area contributed by atoms with Crippen LogP contribution in [0.3, 0.4) is 0 Å². The molecule has 10 heavy (non-hydrogen) atoms. The fraction of sp³-hybridized carbons (Fsp3) is 1.00. The third-order valence-corrected chi connectivity index (χ3v) is 1.78. The minimum Gasteiger partial charge on any atom is -0.394 e. The first-order chi connectivity index (χ1) is 4.66. The third-order valence-electron chi connectivity index (χ3n) is 1.78. The molecule has 4 heteroatoms. The molecule has 4 nitrogen and oxygen atoms in total. The summed E-state index contributed by atoms with van der Waals surface area (Å²) in [7, 11) is 0. The smallest absolute Gasteiger partial charge is 0.111 e. The van der Waals surface area contributed by atoms with E-state index in [2.05, 4.69) is 0 Å². The maximum atomic E-state index is 9.09. The molecule has 1 fully saturated rings. The highest BCUT2D eigenvalue weighted by molar-refractivity contribution is 4.87. The van der Waals surface area contributed by atoms with E-state index in [0.29, 0.717) is 0 Å². The average molecular weight is 148 g/mol. The van der Waals surface area contributed by atoms with Gasteiger partial charge in [0, 0.05) is 0 Å². The van der Waals surface area contributed by atoms with Crippen LogP contribution in [0, 0.1) is 0 Å². The molecule has 0 amide bonds. The molecule has 0 aromatic carbocycles. The number of aliphatic hydroxyl groups is 3. The Morgan fingerprint density at radius 3 is 2.10 bits per heavy atom. The van der Waals surface area contributed by atoms with Crippen LogP contribution in [0.1, 0.15) is 6.92 Å². The van der Waals surface area contributed by atoms with Gasteiger partial charge in [-0.25, -0.2) is 0 Å². The van der Waals surface area contributed by atoms with Gasteiger partial charge >= 0.3 is 0 Å². The second-order valence-corrected chi connectivity index (χ2v) is 2.54. The van der Waals surface area contributed by atoms with Crippen LogP contribution < -0.4 is 0 Å². The summed E-state index contributed by atoms with van der Waals surface area (Å²) in [6.07, 6.45) is -2.81. The summed E-state index contributed by atoms with van der Waals surface area (Å²) in [5.41, 5.74) is 0. The van der Waals surface area contributed by atoms with Crippen molar-refractivity contribution in [3.8, 4) is 0 Å². The lowest BCUT2D eigenvalue weighted by atomic mass is 10.1. The Morgan fingerprint density at radius 2 is 1.90 bits per heavy atom. The molecule has 0 aromatic rings. The van der Waals surface area contributed by atoms with Crippen molar-refractivity contribution in [3.63, 3.8) is 0 Å². The van der Waals surface area contributed by atoms with E-state index in [4.69, 9.17) is 20.1 Å². The van der Waals surface area contributed by atoms with Gasteiger partial charge in [-0.05, 0) is 6.92 Å². The van der Waals surface area contributed by atoms with Crippen LogP contribution in [-0.4, -0.2) is 46.3 Å². The van der Waals surface area contributed by atoms with Crippen molar-refractivity contribution in [2.24, 2.45) is 0 Å². The maximum absolute atomic E-state index is 9.09. The van der Waals surface area contributed by atoms with Gasteiger partial charge in [0.15, 0.2) is 0 Å². The molecule has 4 unspecified atom stereocenters. The second-order valence-electron chi connectivity index (χ2n) is 2.54. The fourth-order valence-electron chi connectivity index (χ4n) is 1.09. The molecule has 1 aliphatic heterocycles. The summed E-state index contributed by atoms with van der Waals surface area (Å²) in [6, 6.07) is 0. The number of rotatable bonds is 1. The van der Waals surface area contributed by atoms with E-state index >= 15 is 0 Å². The second kappa shape index (κ2) is 2.84. The van der Waals surface area contributed by atoms with Gasteiger partial charge < -0.3 is 20.1 Å². The predicted octanol–water partition coefficient (Wildman–Crippen LogP) is -1.51. The van der Waals surface area contributed by atoms with Crippen molar-refractivity contribution in [1.29, 1.82) is 0 Å². The van der Waals surface area contributed by atoms with Crippen molar-refractivity contribution >= 4 is 0 Å². The normalized spacial score (nSPS) is 48.0. The predicted molar refractivity (Wildman–Crippen MR) is 33.4 cm³/mol. The molecule has 4 atom stereocenters. The minimum atomic E-state index is -0.944. The van der Waals surface area contributed by atoms with Crippen LogP contribution in [0.4, 0.5) is 0 Å². The Balaban J connectivity index is 2.53. The van der Waals surface area contributed by atoms with E-state index in [-0.39, 0.29) is 12.7 Å². The Hall–Kier alpha value is -0.160. The lowest BCUT2D eigenvalue weighted by Gasteiger charge is -2.10. The summed E-state index contributed by atoms with van der Waals surface area (Å²) in [5, 5.41) is 26.8. The maximum Gasteiger partial charge on any atom is 0.111 e. The fourth-order valence-corrected chi connectivity index (χ4v) is 1.09. The summed E-state index contributed by atoms with van der Waals surface area (Å²) in [6.45, 7) is 1.41. The van der Waals surface area contributed by atoms with Gasteiger partial charge in [-0.3, -0.25) is 0 Å². The molecular formula is C6H12O4. The molecule has 1 rings (SSSR count). The largest absolute Gasteiger partial charge is 0.394 e. The van der Waals surface area contributed by atoms with Crippen molar-refractivity contribution in [2.45, 2.75) is 31.3 Å². The van der Waals surface area contributed by atoms with Gasteiger partial charge in [-0.15, -0.1) is 0 Å². The lowest BCUT2D eigenvalue weighted by Crippen LogP contribution is -2.33. The molecule has 1 aliphatic rings. The summed E-state index contributed by atoms with van der Waals surface area (Å²) in [4.78, 5) is 0. The number of aliphatic hydroxyl groups excluding tert-OH is 3. The van der Waals surface area contributed by atoms with Crippen LogP contribution in [0.15, 0.2) is 0 Å². The highest BCUT2D eigenvalue weighted by Crippen LogP contribution is 2.19. The van der Waals surface area contributed by atoms with Crippen molar-refractivity contribution in [3.05, 3.63) is 0 Å². The van der Waals surface area contributed by atoms with Crippen molar-refractivity contribution < 1.29 is 20.1 Å². The van der Waals surface area contributed by atoms with Gasteiger partial charge in [0.2, 0.25) is 0 Å². The van der Waals surface area contributed by atoms with Crippen molar-refractivity contribution in [2.75, 3.05) is 6.61 Å². The Morgan fingerprint density at radius 1 is 1.30 bits per heavy atom. The molecule has 1 saturated heterocycles. The summed E-state index contributed by atoms with van der Waals surface area (Å²) >= 11 is 0. The van der Waals surface area contributed by atoms with E-state index in [0.717, 1.165) is 0 Å². The summed E-state index contributed by atoms with van der Waals surface area (Å²) < 4.78 is 4.98. The third kappa shape index (κ3) is 1.15. The van der Waals surface area contributed by atoms with Crippen LogP contribution in [0.25, 0.3) is 0 Å². The van der Waals surface area contributed by atoms with Gasteiger partial charge in [-0.1, -0.05) is 0 Å². The zero-order valence-corrected chi connectivity index (χ0v) is 5.77. The highest BCUT2D eigenvalue weighted by atomic mass is 16.5. The minimum absolute atomic E-state index is 0.247. The quantitative estimate of drug-likeness (QED) is 0.422. The zero-order valence-electron chi connectivity index (χ0n) is 5.77. The van der Waals surface area contributed by atoms with Crippen LogP contribution in [-0.2, 0) is 4.74 Å². The molecule has 3 N–H and O–H groups in total. The van der Waals surface area contributed by atoms with Crippen molar-refractivity contribution in [1.82, 2.24) is 0 Å². The molecule has 0 aliphatic carbocycles. The van der Waals surface area contributed by atoms with Gasteiger partial charge in [-0.2, -0.15) is 0 Å². The molecule has 0 aromatic heterocycles. The standard InChI is InChI=1S/C6H12O4/c1-3-5(8)6(9)4(2-7)10-3/h3-9H,2H2,1H3. The average Bonchev–Trinajstić information content (AvgIpc) is 2.17. The van der Waals surface area contributed by atoms with Gasteiger partial charge in [0.25, 0.3) is 0 Å². The molecule has 0 saturated carbocycles. The van der Waals surface area contributed by atoms with E-state index in [1.807, 2.05) is 0 Å². The number of hydrogen-bond acceptors (Lipinski definition) is 4. The van der Waals surface area contributed by atoms with Crippen LogP contribution >= 0.6 is 0 Å². The lowest BCUT2D eigenvalue weighted by molar-refractivity contribution is -0.0171. The monoisotopic (exact) mass is 148 g/mol.